The molecule has 7 heteroatoms. The highest BCUT2D eigenvalue weighted by molar-refractivity contribution is 5.53. The second-order valence-electron chi connectivity index (χ2n) is 2.52. The molecular weight excluding hydrogens is 174 g/mol. The van der Waals surface area contributed by atoms with Crippen LogP contribution < -0.4 is 4.68 Å². The predicted molar refractivity (Wildman–Crippen MR) is 40.8 cm³/mol. The van der Waals surface area contributed by atoms with E-state index in [2.05, 4.69) is 10.4 Å². The van der Waals surface area contributed by atoms with Gasteiger partial charge in [-0.2, -0.15) is 0 Å². The van der Waals surface area contributed by atoms with Crippen LogP contribution in [0.4, 0.5) is 5.69 Å². The predicted octanol–water partition coefficient (Wildman–Crippen LogP) is -0.538. The molecule has 0 saturated heterocycles. The third-order valence-electron chi connectivity index (χ3n) is 1.70. The van der Waals surface area contributed by atoms with Gasteiger partial charge in [0.2, 0.25) is 0 Å². The summed E-state index contributed by atoms with van der Waals surface area (Å²) in [5.74, 6) is 0. The van der Waals surface area contributed by atoms with E-state index in [1.165, 1.54) is 15.3 Å². The number of aromatic nitrogens is 4. The summed E-state index contributed by atoms with van der Waals surface area (Å²) in [7, 11) is 1.61. The zero-order chi connectivity index (χ0) is 9.42. The van der Waals surface area contributed by atoms with Crippen molar-refractivity contribution in [3.8, 4) is 0 Å². The van der Waals surface area contributed by atoms with Crippen LogP contribution in [0.5, 0.6) is 0 Å². The van der Waals surface area contributed by atoms with Gasteiger partial charge in [0, 0.05) is 6.07 Å². The van der Waals surface area contributed by atoms with Crippen LogP contribution in [-0.4, -0.2) is 19.9 Å². The summed E-state index contributed by atoms with van der Waals surface area (Å²) in [4.78, 5) is 10.1. The van der Waals surface area contributed by atoms with Gasteiger partial charge in [-0.3, -0.25) is 10.1 Å². The number of rotatable bonds is 1. The van der Waals surface area contributed by atoms with Gasteiger partial charge in [0.05, 0.1) is 12.0 Å². The average molecular weight is 180 g/mol. The Morgan fingerprint density at radius 3 is 3.15 bits per heavy atom. The number of aryl methyl sites for hydroxylation is 1. The number of nitro groups is 1. The fraction of sp³-hybridized carbons (Fsp3) is 0.167. The average Bonchev–Trinajstić information content (AvgIpc) is 2.48. The van der Waals surface area contributed by atoms with Crippen LogP contribution in [0.2, 0.25) is 0 Å². The van der Waals surface area contributed by atoms with E-state index in [0.29, 0.717) is 5.65 Å². The number of hydrogen-bond acceptors (Lipinski definition) is 4. The largest absolute Gasteiger partial charge is 0.364 e. The van der Waals surface area contributed by atoms with Gasteiger partial charge < -0.3 is 0 Å². The Bertz CT molecular complexity index is 477. The molecule has 66 valence electrons. The monoisotopic (exact) mass is 180 g/mol. The maximum Gasteiger partial charge on any atom is 0.364 e. The van der Waals surface area contributed by atoms with Crippen molar-refractivity contribution in [1.82, 2.24) is 14.9 Å². The van der Waals surface area contributed by atoms with E-state index < -0.39 is 4.92 Å². The minimum Gasteiger partial charge on any atom is -0.258 e. The van der Waals surface area contributed by atoms with Gasteiger partial charge in [-0.05, 0) is 10.6 Å². The summed E-state index contributed by atoms with van der Waals surface area (Å²) in [6.45, 7) is 0. The van der Waals surface area contributed by atoms with Crippen molar-refractivity contribution in [2.75, 3.05) is 0 Å². The first kappa shape index (κ1) is 7.59. The molecule has 0 amide bonds. The van der Waals surface area contributed by atoms with E-state index in [4.69, 9.17) is 0 Å². The van der Waals surface area contributed by atoms with Crippen LogP contribution in [0, 0.1) is 10.1 Å². The lowest BCUT2D eigenvalue weighted by Crippen LogP contribution is -2.31. The van der Waals surface area contributed by atoms with Crippen molar-refractivity contribution in [3.05, 3.63) is 28.4 Å². The highest BCUT2D eigenvalue weighted by Gasteiger charge is 2.22. The van der Waals surface area contributed by atoms with Gasteiger partial charge in [0.25, 0.3) is 0 Å². The van der Waals surface area contributed by atoms with Crippen LogP contribution in [-0.2, 0) is 7.05 Å². The molecule has 0 unspecified atom stereocenters. The van der Waals surface area contributed by atoms with E-state index in [0.717, 1.165) is 0 Å². The summed E-state index contributed by atoms with van der Waals surface area (Å²) in [6.07, 6.45) is 1.61. The van der Waals surface area contributed by atoms with E-state index >= 15 is 0 Å². The Labute approximate surface area is 72.3 Å². The number of nitrogens with zero attached hydrogens (tertiary/aromatic N) is 5. The zero-order valence-corrected chi connectivity index (χ0v) is 6.78. The van der Waals surface area contributed by atoms with Gasteiger partial charge in [-0.25, -0.2) is 0 Å². The van der Waals surface area contributed by atoms with Crippen molar-refractivity contribution >= 4 is 11.3 Å². The Morgan fingerprint density at radius 1 is 1.69 bits per heavy atom. The molecule has 0 N–H and O–H groups in total. The number of pyridine rings is 1. The highest BCUT2D eigenvalue weighted by atomic mass is 16.6. The molecular formula is C6H6N5O2+. The second-order valence-corrected chi connectivity index (χ2v) is 2.52. The summed E-state index contributed by atoms with van der Waals surface area (Å²) in [5, 5.41) is 17.9. The fourth-order valence-corrected chi connectivity index (χ4v) is 1.15. The molecule has 2 aromatic rings. The lowest BCUT2D eigenvalue weighted by molar-refractivity contribution is -0.709. The van der Waals surface area contributed by atoms with Gasteiger partial charge >= 0.3 is 11.3 Å². The lowest BCUT2D eigenvalue weighted by atomic mass is 10.4. The maximum absolute atomic E-state index is 10.6. The van der Waals surface area contributed by atoms with E-state index in [1.807, 2.05) is 0 Å². The van der Waals surface area contributed by atoms with Gasteiger partial charge in [-0.15, -0.1) is 4.68 Å². The van der Waals surface area contributed by atoms with Gasteiger partial charge in [0.15, 0.2) is 5.21 Å². The molecule has 0 aliphatic heterocycles. The van der Waals surface area contributed by atoms with Crippen LogP contribution >= 0.6 is 0 Å². The summed E-state index contributed by atoms with van der Waals surface area (Å²) >= 11 is 0. The second kappa shape index (κ2) is 2.47. The molecule has 0 radical (unpaired) electrons. The van der Waals surface area contributed by atoms with Crippen molar-refractivity contribution < 1.29 is 9.61 Å². The summed E-state index contributed by atoms with van der Waals surface area (Å²) in [5.41, 5.74) is 0.363. The van der Waals surface area contributed by atoms with Crippen LogP contribution in [0.3, 0.4) is 0 Å². The molecule has 2 rings (SSSR count). The van der Waals surface area contributed by atoms with Gasteiger partial charge in [-0.1, -0.05) is 0 Å². The minimum absolute atomic E-state index is 0.00463. The quantitative estimate of drug-likeness (QED) is 0.335. The molecule has 0 atom stereocenters. The topological polar surface area (TPSA) is 77.2 Å². The van der Waals surface area contributed by atoms with Crippen LogP contribution in [0.15, 0.2) is 18.3 Å². The fourth-order valence-electron chi connectivity index (χ4n) is 1.15. The number of hydrogen-bond donors (Lipinski definition) is 0. The van der Waals surface area contributed by atoms with Gasteiger partial charge in [0.1, 0.15) is 11.4 Å². The molecule has 0 aromatic carbocycles. The smallest absolute Gasteiger partial charge is 0.258 e. The minimum atomic E-state index is -0.460. The molecule has 7 nitrogen and oxygen atoms in total. The Balaban J connectivity index is 2.88. The van der Waals surface area contributed by atoms with Crippen molar-refractivity contribution in [2.24, 2.45) is 7.05 Å². The maximum atomic E-state index is 10.6. The first-order valence-electron chi connectivity index (χ1n) is 3.55. The SMILES string of the molecule is C[n+]1nnn2cccc([N+](=O)[O-])c21. The van der Waals surface area contributed by atoms with E-state index in [1.54, 1.807) is 19.3 Å². The lowest BCUT2D eigenvalue weighted by Gasteiger charge is -1.88. The zero-order valence-electron chi connectivity index (χ0n) is 6.78. The molecule has 2 aromatic heterocycles. The molecule has 0 aliphatic carbocycles. The van der Waals surface area contributed by atoms with E-state index in [-0.39, 0.29) is 5.69 Å². The molecule has 13 heavy (non-hydrogen) atoms. The summed E-state index contributed by atoms with van der Waals surface area (Å²) < 4.78 is 2.72. The van der Waals surface area contributed by atoms with Crippen molar-refractivity contribution in [3.63, 3.8) is 0 Å². The summed E-state index contributed by atoms with van der Waals surface area (Å²) in [6, 6.07) is 2.97. The third-order valence-corrected chi connectivity index (χ3v) is 1.70. The van der Waals surface area contributed by atoms with Crippen molar-refractivity contribution in [2.45, 2.75) is 0 Å². The molecule has 0 bridgehead atoms. The molecule has 0 aliphatic rings. The standard InChI is InChI=1S/C6H6N5O2/c1-9-6-5(11(12)13)3-2-4-10(6)8-7-9/h2-4H,1H3/q+1. The number of fused-ring (bicyclic) bond motifs is 1. The highest BCUT2D eigenvalue weighted by Crippen LogP contribution is 2.13. The Kier molecular flexibility index (Phi) is 1.44. The first-order chi connectivity index (χ1) is 6.20. The van der Waals surface area contributed by atoms with Crippen LogP contribution in [0.1, 0.15) is 0 Å². The third kappa shape index (κ3) is 1.01. The van der Waals surface area contributed by atoms with Crippen LogP contribution in [0.25, 0.3) is 5.65 Å². The molecule has 0 spiro atoms. The number of tetrazole rings is 1. The van der Waals surface area contributed by atoms with Crippen molar-refractivity contribution in [1.29, 1.82) is 0 Å². The Morgan fingerprint density at radius 2 is 2.46 bits per heavy atom. The molecule has 0 saturated carbocycles. The Hall–Kier alpha value is -2.05. The van der Waals surface area contributed by atoms with E-state index in [9.17, 15) is 10.1 Å². The molecule has 2 heterocycles. The first-order valence-corrected chi connectivity index (χ1v) is 3.55. The normalized spacial score (nSPS) is 10.5. The molecule has 0 fully saturated rings.